The summed E-state index contributed by atoms with van der Waals surface area (Å²) in [5.74, 6) is 3.69. The molecule has 0 saturated heterocycles. The van der Waals surface area contributed by atoms with Gasteiger partial charge in [-0.3, -0.25) is 29.0 Å². The normalized spacial score (nSPS) is 22.0. The van der Waals surface area contributed by atoms with E-state index in [4.69, 9.17) is 12.8 Å². The van der Waals surface area contributed by atoms with Crippen molar-refractivity contribution in [1.29, 1.82) is 0 Å². The van der Waals surface area contributed by atoms with Crippen LogP contribution < -0.4 is 0 Å². The molecule has 0 aromatic heterocycles. The van der Waals surface area contributed by atoms with Gasteiger partial charge in [0.05, 0.1) is 22.3 Å². The Morgan fingerprint density at radius 1 is 0.606 bits per heavy atom. The molecule has 6 heteroatoms. The van der Waals surface area contributed by atoms with Crippen LogP contribution in [-0.4, -0.2) is 45.5 Å². The van der Waals surface area contributed by atoms with E-state index < -0.39 is 0 Å². The molecule has 0 bridgehead atoms. The minimum absolute atomic E-state index is 0.292. The Kier molecular flexibility index (Phi) is 4.87. The highest BCUT2D eigenvalue weighted by Gasteiger charge is 2.44. The zero-order valence-electron chi connectivity index (χ0n) is 17.8. The number of rotatable bonds is 2. The molecule has 6 nitrogen and oxygen atoms in total. The summed E-state index contributed by atoms with van der Waals surface area (Å²) in [6.07, 6.45) is 13.8. The molecule has 2 aliphatic heterocycles. The monoisotopic (exact) mass is 436 g/mol. The van der Waals surface area contributed by atoms with Crippen molar-refractivity contribution < 1.29 is 19.2 Å². The molecule has 1 fully saturated rings. The van der Waals surface area contributed by atoms with Gasteiger partial charge in [0, 0.05) is 23.2 Å². The van der Waals surface area contributed by atoms with Crippen molar-refractivity contribution in [2.45, 2.75) is 44.2 Å². The maximum atomic E-state index is 13.0. The first kappa shape index (κ1) is 20.7. The van der Waals surface area contributed by atoms with Gasteiger partial charge >= 0.3 is 0 Å². The van der Waals surface area contributed by atoms with Crippen LogP contribution in [0.2, 0.25) is 0 Å². The zero-order chi connectivity index (χ0) is 23.3. The molecule has 2 atom stereocenters. The molecule has 2 heterocycles. The summed E-state index contributed by atoms with van der Waals surface area (Å²) in [7, 11) is 0. The van der Waals surface area contributed by atoms with Crippen molar-refractivity contribution in [2.75, 3.05) is 0 Å². The van der Waals surface area contributed by atoms with Crippen LogP contribution in [0.15, 0.2) is 36.4 Å². The first-order chi connectivity index (χ1) is 15.9. The van der Waals surface area contributed by atoms with Crippen molar-refractivity contribution in [3.8, 4) is 24.7 Å². The smallest absolute Gasteiger partial charge is 0.261 e. The average molecular weight is 436 g/mol. The number of benzene rings is 2. The van der Waals surface area contributed by atoms with Gasteiger partial charge in [0.25, 0.3) is 23.6 Å². The molecule has 162 valence electrons. The number of terminal acetylenes is 2. The molecule has 5 rings (SSSR count). The van der Waals surface area contributed by atoms with Gasteiger partial charge in [0.2, 0.25) is 0 Å². The fourth-order valence-electron chi connectivity index (χ4n) is 5.14. The second-order valence-corrected chi connectivity index (χ2v) is 8.59. The third-order valence-corrected chi connectivity index (χ3v) is 6.81. The topological polar surface area (TPSA) is 74.8 Å². The molecular formula is C27H20N2O4. The summed E-state index contributed by atoms with van der Waals surface area (Å²) < 4.78 is 0. The van der Waals surface area contributed by atoms with Gasteiger partial charge in [0.1, 0.15) is 0 Å². The van der Waals surface area contributed by atoms with Crippen LogP contribution in [0.25, 0.3) is 0 Å². The molecule has 3 aliphatic rings. The SMILES string of the molecule is C#Cc1ccc2c(c1)C(=O)N(C1CCC[C@@H](N3C(=O)c4ccc(C#C)cc4C3=O)CC1)C2=O. The third kappa shape index (κ3) is 3.15. The molecule has 33 heavy (non-hydrogen) atoms. The standard InChI is InChI=1S/C27H20N2O4/c1-3-16-8-12-20-22(14-16)26(32)28(24(20)30)18-6-5-7-19(11-10-18)29-25(31)21-13-9-17(4-2)15-23(21)27(29)33/h1-2,8-9,12-15,18-19H,5-7,10-11H2/t18-,19?/m1/s1. The molecule has 1 unspecified atom stereocenters. The Morgan fingerprint density at radius 2 is 1.00 bits per heavy atom. The van der Waals surface area contributed by atoms with E-state index in [1.165, 1.54) is 9.80 Å². The van der Waals surface area contributed by atoms with E-state index in [-0.39, 0.29) is 35.7 Å². The molecular weight excluding hydrogens is 416 g/mol. The van der Waals surface area contributed by atoms with E-state index >= 15 is 0 Å². The summed E-state index contributed by atoms with van der Waals surface area (Å²) in [6, 6.07) is 9.10. The van der Waals surface area contributed by atoms with E-state index in [9.17, 15) is 19.2 Å². The first-order valence-electron chi connectivity index (χ1n) is 10.9. The first-order valence-corrected chi connectivity index (χ1v) is 10.9. The predicted octanol–water partition coefficient (Wildman–Crippen LogP) is 3.24. The van der Waals surface area contributed by atoms with Gasteiger partial charge in [-0.2, -0.15) is 0 Å². The number of hydrogen-bond acceptors (Lipinski definition) is 4. The Bertz CT molecular complexity index is 1230. The Balaban J connectivity index is 1.35. The third-order valence-electron chi connectivity index (χ3n) is 6.81. The maximum absolute atomic E-state index is 13.0. The number of amides is 4. The molecule has 1 saturated carbocycles. The van der Waals surface area contributed by atoms with Crippen molar-refractivity contribution >= 4 is 23.6 Å². The van der Waals surface area contributed by atoms with Gasteiger partial charge < -0.3 is 0 Å². The van der Waals surface area contributed by atoms with Gasteiger partial charge in [-0.1, -0.05) is 11.8 Å². The number of fused-ring (bicyclic) bond motifs is 2. The van der Waals surface area contributed by atoms with Crippen LogP contribution in [0.1, 0.15) is 84.7 Å². The summed E-state index contributed by atoms with van der Waals surface area (Å²) >= 11 is 0. The average Bonchev–Trinajstić information content (AvgIpc) is 3.09. The van der Waals surface area contributed by atoms with Crippen LogP contribution in [0.4, 0.5) is 0 Å². The van der Waals surface area contributed by atoms with E-state index in [0.29, 0.717) is 65.5 Å². The number of hydrogen-bond donors (Lipinski definition) is 0. The van der Waals surface area contributed by atoms with Gasteiger partial charge in [0.15, 0.2) is 0 Å². The highest BCUT2D eigenvalue weighted by Crippen LogP contribution is 2.35. The van der Waals surface area contributed by atoms with Crippen molar-refractivity contribution in [3.05, 3.63) is 69.8 Å². The fraction of sp³-hybridized carbons (Fsp3) is 0.259. The molecule has 0 N–H and O–H groups in total. The second-order valence-electron chi connectivity index (χ2n) is 8.59. The van der Waals surface area contributed by atoms with Crippen molar-refractivity contribution in [1.82, 2.24) is 9.80 Å². The molecule has 2 aromatic rings. The lowest BCUT2D eigenvalue weighted by molar-refractivity contribution is 0.0530. The summed E-state index contributed by atoms with van der Waals surface area (Å²) in [5, 5.41) is 0. The predicted molar refractivity (Wildman–Crippen MR) is 120 cm³/mol. The quantitative estimate of drug-likeness (QED) is 0.412. The molecule has 0 spiro atoms. The molecule has 1 aliphatic carbocycles. The van der Waals surface area contributed by atoms with Crippen LogP contribution in [0, 0.1) is 24.7 Å². The van der Waals surface area contributed by atoms with E-state index in [1.807, 2.05) is 0 Å². The zero-order valence-corrected chi connectivity index (χ0v) is 17.8. The summed E-state index contributed by atoms with van der Waals surface area (Å²) in [5.41, 5.74) is 2.50. The summed E-state index contributed by atoms with van der Waals surface area (Å²) in [4.78, 5) is 54.7. The van der Waals surface area contributed by atoms with Crippen molar-refractivity contribution in [3.63, 3.8) is 0 Å². The lowest BCUT2D eigenvalue weighted by Crippen LogP contribution is -2.41. The Labute approximate surface area is 191 Å². The van der Waals surface area contributed by atoms with E-state index in [2.05, 4.69) is 11.8 Å². The minimum atomic E-state index is -0.335. The molecule has 4 amide bonds. The summed E-state index contributed by atoms with van der Waals surface area (Å²) in [6.45, 7) is 0. The Hall–Kier alpha value is -4.16. The number of imide groups is 2. The minimum Gasteiger partial charge on any atom is -0.271 e. The second kappa shape index (κ2) is 7.76. The van der Waals surface area contributed by atoms with E-state index in [1.54, 1.807) is 36.4 Å². The van der Waals surface area contributed by atoms with Crippen LogP contribution >= 0.6 is 0 Å². The maximum Gasteiger partial charge on any atom is 0.261 e. The van der Waals surface area contributed by atoms with Gasteiger partial charge in [-0.25, -0.2) is 0 Å². The highest BCUT2D eigenvalue weighted by atomic mass is 16.2. The van der Waals surface area contributed by atoms with E-state index in [0.717, 1.165) is 0 Å². The van der Waals surface area contributed by atoms with Gasteiger partial charge in [-0.05, 0) is 68.5 Å². The molecule has 2 aromatic carbocycles. The lowest BCUT2D eigenvalue weighted by Gasteiger charge is -2.26. The largest absolute Gasteiger partial charge is 0.271 e. The van der Waals surface area contributed by atoms with Gasteiger partial charge in [-0.15, -0.1) is 12.8 Å². The highest BCUT2D eigenvalue weighted by molar-refractivity contribution is 6.22. The molecule has 0 radical (unpaired) electrons. The number of carbonyl (C=O) groups is 4. The Morgan fingerprint density at radius 3 is 1.39 bits per heavy atom. The van der Waals surface area contributed by atoms with Crippen molar-refractivity contribution in [2.24, 2.45) is 0 Å². The lowest BCUT2D eigenvalue weighted by atomic mass is 10.1. The number of nitrogens with zero attached hydrogens (tertiary/aromatic N) is 2. The number of carbonyl (C=O) groups excluding carboxylic acids is 4. The van der Waals surface area contributed by atoms with Crippen LogP contribution in [-0.2, 0) is 0 Å². The fourth-order valence-corrected chi connectivity index (χ4v) is 5.14. The van der Waals surface area contributed by atoms with Crippen LogP contribution in [0.3, 0.4) is 0 Å². The van der Waals surface area contributed by atoms with Crippen LogP contribution in [0.5, 0.6) is 0 Å².